The number of anilines is 1. The molecule has 0 radical (unpaired) electrons. The van der Waals surface area contributed by atoms with Crippen LogP contribution in [0.15, 0.2) is 27.9 Å². The topological polar surface area (TPSA) is 91.2 Å². The molecule has 2 heterocycles. The Bertz CT molecular complexity index is 851. The molecule has 1 aliphatic rings. The number of benzene rings is 1. The first-order valence-corrected chi connectivity index (χ1v) is 8.02. The highest BCUT2D eigenvalue weighted by molar-refractivity contribution is 9.10. The van der Waals surface area contributed by atoms with Crippen LogP contribution in [0.25, 0.3) is 0 Å². The van der Waals surface area contributed by atoms with Gasteiger partial charge in [-0.2, -0.15) is 4.68 Å². The van der Waals surface area contributed by atoms with Gasteiger partial charge in [0, 0.05) is 16.3 Å². The first-order valence-electron chi connectivity index (χ1n) is 6.84. The van der Waals surface area contributed by atoms with Crippen molar-refractivity contribution in [2.24, 2.45) is 0 Å². The van der Waals surface area contributed by atoms with Crippen LogP contribution in [0, 0.1) is 0 Å². The molecule has 10 heteroatoms. The van der Waals surface area contributed by atoms with Crippen molar-refractivity contribution < 1.29 is 14.3 Å². The summed E-state index contributed by atoms with van der Waals surface area (Å²) in [5.41, 5.74) is 1.59. The number of tetrazole rings is 1. The molecule has 1 aromatic heterocycles. The van der Waals surface area contributed by atoms with E-state index >= 15 is 0 Å². The fourth-order valence-electron chi connectivity index (χ4n) is 2.67. The molecule has 3 rings (SSSR count). The second kappa shape index (κ2) is 6.40. The van der Waals surface area contributed by atoms with Crippen LogP contribution in [0.2, 0.25) is 5.02 Å². The molecule has 0 saturated heterocycles. The van der Waals surface area contributed by atoms with Crippen molar-refractivity contribution in [1.29, 1.82) is 0 Å². The van der Waals surface area contributed by atoms with Crippen molar-refractivity contribution in [1.82, 2.24) is 20.2 Å². The number of allylic oxidation sites excluding steroid dienone is 1. The average molecular weight is 415 g/mol. The number of fused-ring (bicyclic) bond motifs is 1. The number of nitrogens with zero attached hydrogens (tertiary/aromatic N) is 4. The molecule has 0 bridgehead atoms. The Morgan fingerprint density at radius 1 is 1.42 bits per heavy atom. The number of carbonyl (C=O) groups excluding carboxylic acids is 1. The molecule has 0 spiro atoms. The predicted octanol–water partition coefficient (Wildman–Crippen LogP) is 2.56. The van der Waals surface area contributed by atoms with Gasteiger partial charge in [0.25, 0.3) is 0 Å². The second-order valence-electron chi connectivity index (χ2n) is 5.01. The van der Waals surface area contributed by atoms with E-state index < -0.39 is 12.0 Å². The molecule has 1 aliphatic heterocycles. The summed E-state index contributed by atoms with van der Waals surface area (Å²) in [7, 11) is 2.85. The summed E-state index contributed by atoms with van der Waals surface area (Å²) in [4.78, 5) is 12.4. The zero-order valence-corrected chi connectivity index (χ0v) is 15.3. The monoisotopic (exact) mass is 413 g/mol. The normalized spacial score (nSPS) is 16.5. The predicted molar refractivity (Wildman–Crippen MR) is 90.0 cm³/mol. The average Bonchev–Trinajstić information content (AvgIpc) is 3.00. The van der Waals surface area contributed by atoms with Gasteiger partial charge in [0.2, 0.25) is 5.95 Å². The molecule has 0 fully saturated rings. The molecule has 8 nitrogen and oxygen atoms in total. The number of halogens is 2. The van der Waals surface area contributed by atoms with Crippen LogP contribution in [0.3, 0.4) is 0 Å². The Balaban J connectivity index is 2.30. The van der Waals surface area contributed by atoms with Crippen molar-refractivity contribution in [3.05, 3.63) is 38.5 Å². The lowest BCUT2D eigenvalue weighted by Crippen LogP contribution is -2.29. The van der Waals surface area contributed by atoms with Crippen molar-refractivity contribution in [3.63, 3.8) is 0 Å². The largest absolute Gasteiger partial charge is 0.495 e. The minimum atomic E-state index is -0.645. The molecule has 0 unspecified atom stereocenters. The molecule has 24 heavy (non-hydrogen) atoms. The lowest BCUT2D eigenvalue weighted by atomic mass is 9.95. The van der Waals surface area contributed by atoms with E-state index in [1.165, 1.54) is 18.9 Å². The van der Waals surface area contributed by atoms with Crippen molar-refractivity contribution in [2.45, 2.75) is 13.0 Å². The number of aromatic nitrogens is 4. The third-order valence-corrected chi connectivity index (χ3v) is 4.46. The van der Waals surface area contributed by atoms with Crippen LogP contribution in [0.5, 0.6) is 5.75 Å². The number of hydrogen-bond acceptors (Lipinski definition) is 7. The summed E-state index contributed by atoms with van der Waals surface area (Å²) in [5.74, 6) is 0.439. The first kappa shape index (κ1) is 16.7. The minimum Gasteiger partial charge on any atom is -0.495 e. The Morgan fingerprint density at radius 2 is 2.17 bits per heavy atom. The summed E-state index contributed by atoms with van der Waals surface area (Å²) >= 11 is 9.63. The summed E-state index contributed by atoms with van der Waals surface area (Å²) in [6.45, 7) is 1.75. The van der Waals surface area contributed by atoms with Gasteiger partial charge in [0.05, 0.1) is 24.3 Å². The van der Waals surface area contributed by atoms with Crippen LogP contribution in [0.4, 0.5) is 5.95 Å². The van der Waals surface area contributed by atoms with Gasteiger partial charge in [-0.1, -0.05) is 16.7 Å². The fraction of sp³-hybridized carbons (Fsp3) is 0.286. The van der Waals surface area contributed by atoms with E-state index in [4.69, 9.17) is 21.1 Å². The van der Waals surface area contributed by atoms with Gasteiger partial charge in [0.1, 0.15) is 11.8 Å². The molecule has 0 saturated carbocycles. The van der Waals surface area contributed by atoms with E-state index in [0.29, 0.717) is 38.0 Å². The van der Waals surface area contributed by atoms with Gasteiger partial charge in [-0.15, -0.1) is 0 Å². The van der Waals surface area contributed by atoms with Crippen molar-refractivity contribution >= 4 is 39.4 Å². The summed E-state index contributed by atoms with van der Waals surface area (Å²) in [5, 5.41) is 15.1. The summed E-state index contributed by atoms with van der Waals surface area (Å²) in [6.07, 6.45) is 0. The molecule has 0 amide bonds. The van der Waals surface area contributed by atoms with Gasteiger partial charge in [-0.25, -0.2) is 4.79 Å². The van der Waals surface area contributed by atoms with Gasteiger partial charge in [-0.05, 0) is 45.4 Å². The minimum absolute atomic E-state index is 0.366. The van der Waals surface area contributed by atoms with E-state index in [1.54, 1.807) is 19.1 Å². The summed E-state index contributed by atoms with van der Waals surface area (Å²) in [6, 6.07) is 2.77. The quantitative estimate of drug-likeness (QED) is 0.772. The molecule has 1 atom stereocenters. The maximum Gasteiger partial charge on any atom is 0.338 e. The number of hydrogen-bond donors (Lipinski definition) is 1. The maximum atomic E-state index is 12.4. The van der Waals surface area contributed by atoms with Crippen LogP contribution in [0.1, 0.15) is 18.5 Å². The number of methoxy groups -OCH3 is 2. The lowest BCUT2D eigenvalue weighted by Gasteiger charge is -2.28. The van der Waals surface area contributed by atoms with Gasteiger partial charge >= 0.3 is 5.97 Å². The highest BCUT2D eigenvalue weighted by atomic mass is 79.9. The maximum absolute atomic E-state index is 12.4. The van der Waals surface area contributed by atoms with Crippen molar-refractivity contribution in [2.75, 3.05) is 19.5 Å². The highest BCUT2D eigenvalue weighted by Gasteiger charge is 2.37. The highest BCUT2D eigenvalue weighted by Crippen LogP contribution is 2.43. The number of rotatable bonds is 3. The van der Waals surface area contributed by atoms with Crippen LogP contribution >= 0.6 is 27.5 Å². The smallest absolute Gasteiger partial charge is 0.338 e. The third-order valence-electron chi connectivity index (χ3n) is 3.66. The molecule has 1 aromatic carbocycles. The van der Waals surface area contributed by atoms with E-state index in [9.17, 15) is 4.79 Å². The Hall–Kier alpha value is -2.13. The van der Waals surface area contributed by atoms with Crippen LogP contribution in [-0.2, 0) is 9.53 Å². The standard InChI is InChI=1S/C14H13BrClN5O3/c1-6-10(13(22)24-3)11(21-14(17-6)18-19-20-21)8-4-7(16)5-9(15)12(8)23-2/h4-5,11H,1-3H3,(H,17,18,20)/t11-/m0/s1. The zero-order chi connectivity index (χ0) is 17.4. The van der Waals surface area contributed by atoms with E-state index in [-0.39, 0.29) is 0 Å². The second-order valence-corrected chi connectivity index (χ2v) is 6.31. The van der Waals surface area contributed by atoms with E-state index in [1.807, 2.05) is 0 Å². The molecular weight excluding hydrogens is 402 g/mol. The SMILES string of the molecule is COC(=O)C1=C(C)Nc2nnnn2[C@H]1c1cc(Cl)cc(Br)c1OC. The number of esters is 1. The molecule has 0 aliphatic carbocycles. The lowest BCUT2D eigenvalue weighted by molar-refractivity contribution is -0.136. The van der Waals surface area contributed by atoms with Crippen molar-refractivity contribution in [3.8, 4) is 5.75 Å². The Labute approximate surface area is 150 Å². The van der Waals surface area contributed by atoms with Crippen LogP contribution < -0.4 is 10.1 Å². The van der Waals surface area contributed by atoms with Gasteiger partial charge in [0.15, 0.2) is 0 Å². The Kier molecular flexibility index (Phi) is 4.46. The zero-order valence-electron chi connectivity index (χ0n) is 13.0. The summed E-state index contributed by atoms with van der Waals surface area (Å²) < 4.78 is 12.6. The third kappa shape index (κ3) is 2.63. The Morgan fingerprint density at radius 3 is 2.83 bits per heavy atom. The van der Waals surface area contributed by atoms with Gasteiger partial charge < -0.3 is 14.8 Å². The fourth-order valence-corrected chi connectivity index (χ4v) is 3.67. The first-order chi connectivity index (χ1) is 11.5. The van der Waals surface area contributed by atoms with Gasteiger partial charge in [-0.3, -0.25) is 0 Å². The van der Waals surface area contributed by atoms with Crippen LogP contribution in [-0.4, -0.2) is 40.4 Å². The number of nitrogens with one attached hydrogen (secondary N) is 1. The van der Waals surface area contributed by atoms with E-state index in [0.717, 1.165) is 0 Å². The van der Waals surface area contributed by atoms with E-state index in [2.05, 4.69) is 36.8 Å². The number of carbonyl (C=O) groups is 1. The molecule has 126 valence electrons. The molecule has 1 N–H and O–H groups in total. The molecular formula is C14H13BrClN5O3. The molecule has 2 aromatic rings. The number of ether oxygens (including phenoxy) is 2.